The largest absolute Gasteiger partial charge is 0.448 e. The van der Waals surface area contributed by atoms with Crippen LogP contribution in [-0.2, 0) is 0 Å². The maximum atomic E-state index is 6.44. The molecule has 0 N–H and O–H groups in total. The predicted octanol–water partition coefficient (Wildman–Crippen LogP) is 5.19. The molecule has 0 saturated carbocycles. The third-order valence-electron chi connectivity index (χ3n) is 5.16. The van der Waals surface area contributed by atoms with E-state index in [1.165, 1.54) is 0 Å². The first kappa shape index (κ1) is 17.8. The highest BCUT2D eigenvalue weighted by Gasteiger charge is 2.26. The van der Waals surface area contributed by atoms with E-state index in [0.29, 0.717) is 33.8 Å². The molecule has 0 spiro atoms. The van der Waals surface area contributed by atoms with Gasteiger partial charge in [0.05, 0.1) is 0 Å². The van der Waals surface area contributed by atoms with Crippen LogP contribution in [0.4, 0.5) is 0 Å². The lowest BCUT2D eigenvalue weighted by atomic mass is 10.0. The van der Waals surface area contributed by atoms with Crippen LogP contribution >= 0.6 is 11.6 Å². The lowest BCUT2D eigenvalue weighted by molar-refractivity contribution is 0.608. The Bertz CT molecular complexity index is 1460. The number of aromatic nitrogens is 3. The van der Waals surface area contributed by atoms with Gasteiger partial charge < -0.3 is 4.42 Å². The van der Waals surface area contributed by atoms with Gasteiger partial charge in [0.25, 0.3) is 0 Å². The number of halogens is 1. The summed E-state index contributed by atoms with van der Waals surface area (Å²) in [5, 5.41) is 1.44. The summed E-state index contributed by atoms with van der Waals surface area (Å²) < 4.78 is 10.2. The van der Waals surface area contributed by atoms with Crippen molar-refractivity contribution >= 4 is 35.0 Å². The van der Waals surface area contributed by atoms with E-state index in [9.17, 15) is 0 Å². The zero-order valence-corrected chi connectivity index (χ0v) is 16.9. The molecule has 31 heavy (non-hydrogen) atoms. The minimum atomic E-state index is 0.532. The van der Waals surface area contributed by atoms with E-state index < -0.39 is 0 Å². The highest BCUT2D eigenvalue weighted by molar-refractivity contribution is 6.32. The number of nitrogens with zero attached hydrogens (tertiary/aromatic N) is 4. The summed E-state index contributed by atoms with van der Waals surface area (Å²) in [6, 6.07) is 23.4. The highest BCUT2D eigenvalue weighted by Crippen LogP contribution is 2.36. The van der Waals surface area contributed by atoms with Crippen LogP contribution in [-0.4, -0.2) is 27.4 Å². The van der Waals surface area contributed by atoms with E-state index in [1.807, 2.05) is 66.7 Å². The second-order valence-corrected chi connectivity index (χ2v) is 7.59. The Morgan fingerprint density at radius 3 is 1.97 bits per heavy atom. The molecular weight excluding hydrogens is 408 g/mol. The molecule has 0 bridgehead atoms. The molecule has 3 heterocycles. The summed E-state index contributed by atoms with van der Waals surface area (Å²) in [5.41, 5.74) is 4.19. The zero-order valence-electron chi connectivity index (χ0n) is 16.2. The summed E-state index contributed by atoms with van der Waals surface area (Å²) in [7, 11) is 0. The molecule has 6 heteroatoms. The van der Waals surface area contributed by atoms with Crippen LogP contribution in [0, 0.1) is 0 Å². The molecule has 0 amide bonds. The monoisotopic (exact) mass is 421 g/mol. The second kappa shape index (κ2) is 7.03. The Morgan fingerprint density at radius 2 is 1.32 bits per heavy atom. The molecule has 0 aliphatic carbocycles. The van der Waals surface area contributed by atoms with Gasteiger partial charge in [0.2, 0.25) is 5.76 Å². The number of furan rings is 1. The maximum Gasteiger partial charge on any atom is 0.335 e. The minimum Gasteiger partial charge on any atom is -0.448 e. The first-order valence-electron chi connectivity index (χ1n) is 9.76. The van der Waals surface area contributed by atoms with Crippen molar-refractivity contribution in [3.05, 3.63) is 89.1 Å². The first-order chi connectivity index (χ1) is 15.3. The van der Waals surface area contributed by atoms with Crippen molar-refractivity contribution in [1.29, 1.82) is 0 Å². The van der Waals surface area contributed by atoms with Crippen LogP contribution in [0.3, 0.4) is 0 Å². The van der Waals surface area contributed by atoms with Gasteiger partial charge >= 0.3 is 12.4 Å². The van der Waals surface area contributed by atoms with Gasteiger partial charge in [-0.1, -0.05) is 76.9 Å². The third kappa shape index (κ3) is 3.04. The van der Waals surface area contributed by atoms with Crippen molar-refractivity contribution in [2.24, 2.45) is 0 Å². The van der Waals surface area contributed by atoms with E-state index in [0.717, 1.165) is 27.6 Å². The summed E-state index contributed by atoms with van der Waals surface area (Å²) in [6.45, 7) is 0. The molecule has 0 radical (unpaired) electrons. The van der Waals surface area contributed by atoms with Crippen LogP contribution in [0.2, 0.25) is 5.02 Å². The highest BCUT2D eigenvalue weighted by atomic mass is 35.5. The van der Waals surface area contributed by atoms with Crippen molar-refractivity contribution in [2.75, 3.05) is 0 Å². The molecule has 146 valence electrons. The van der Waals surface area contributed by atoms with Crippen molar-refractivity contribution in [1.82, 2.24) is 19.6 Å². The fourth-order valence-corrected chi connectivity index (χ4v) is 3.95. The van der Waals surface area contributed by atoms with Crippen molar-refractivity contribution in [3.63, 3.8) is 0 Å². The summed E-state index contributed by atoms with van der Waals surface area (Å²) >= 11 is 6.44. The summed E-state index contributed by atoms with van der Waals surface area (Å²) in [6.07, 6.45) is 3.49. The standard InChI is InChI=1S/C25H14ClN4O/c26-17-11-18(22-19-13-27-14-21(19)31-20(22)12-17)25-29-23(15-7-3-1-4-8-15)28-24(30-25)16-9-5-2-6-10-16/h1-14H/q+1. The molecule has 0 fully saturated rings. The maximum absolute atomic E-state index is 6.44. The van der Waals surface area contributed by atoms with E-state index in [4.69, 9.17) is 31.0 Å². The fraction of sp³-hybridized carbons (Fsp3) is 0. The first-order valence-corrected chi connectivity index (χ1v) is 10.1. The van der Waals surface area contributed by atoms with Gasteiger partial charge in [-0.3, -0.25) is 0 Å². The lowest BCUT2D eigenvalue weighted by Crippen LogP contribution is -2.00. The van der Waals surface area contributed by atoms with Gasteiger partial charge in [-0.2, -0.15) is 0 Å². The van der Waals surface area contributed by atoms with Crippen molar-refractivity contribution in [3.8, 4) is 34.2 Å². The molecular formula is C25H14ClN4O+. The minimum absolute atomic E-state index is 0.532. The quantitative estimate of drug-likeness (QED) is 0.369. The zero-order chi connectivity index (χ0) is 20.8. The Labute approximate surface area is 182 Å². The van der Waals surface area contributed by atoms with Crippen LogP contribution in [0.1, 0.15) is 11.3 Å². The molecule has 0 atom stereocenters. The smallest absolute Gasteiger partial charge is 0.335 e. The lowest BCUT2D eigenvalue weighted by Gasteiger charge is -2.09. The molecule has 5 aromatic rings. The van der Waals surface area contributed by atoms with Crippen LogP contribution < -0.4 is 4.67 Å². The Balaban J connectivity index is 1.65. The number of rotatable bonds is 3. The Morgan fingerprint density at radius 1 is 0.710 bits per heavy atom. The fourth-order valence-electron chi connectivity index (χ4n) is 3.75. The van der Waals surface area contributed by atoms with Gasteiger partial charge in [0.1, 0.15) is 11.1 Å². The number of fused-ring (bicyclic) bond motifs is 3. The van der Waals surface area contributed by atoms with Crippen molar-refractivity contribution < 1.29 is 4.42 Å². The van der Waals surface area contributed by atoms with Crippen LogP contribution in [0.25, 0.3) is 45.1 Å². The van der Waals surface area contributed by atoms with E-state index in [2.05, 4.69) is 4.67 Å². The molecule has 1 aliphatic rings. The number of benzene rings is 3. The average molecular weight is 422 g/mol. The second-order valence-electron chi connectivity index (χ2n) is 7.15. The molecule has 3 aromatic carbocycles. The van der Waals surface area contributed by atoms with E-state index in [-0.39, 0.29) is 0 Å². The molecule has 2 aromatic heterocycles. The molecule has 6 rings (SSSR count). The van der Waals surface area contributed by atoms with Crippen LogP contribution in [0.15, 0.2) is 77.2 Å². The molecule has 1 aliphatic heterocycles. The predicted molar refractivity (Wildman–Crippen MR) is 123 cm³/mol. The van der Waals surface area contributed by atoms with E-state index in [1.54, 1.807) is 18.5 Å². The summed E-state index contributed by atoms with van der Waals surface area (Å²) in [5.74, 6) is 2.43. The van der Waals surface area contributed by atoms with Crippen molar-refractivity contribution in [2.45, 2.75) is 0 Å². The topological polar surface area (TPSA) is 65.9 Å². The van der Waals surface area contributed by atoms with Gasteiger partial charge in [0.15, 0.2) is 17.5 Å². The van der Waals surface area contributed by atoms with Gasteiger partial charge in [-0.05, 0) is 6.07 Å². The van der Waals surface area contributed by atoms with E-state index >= 15 is 0 Å². The Kier molecular flexibility index (Phi) is 4.03. The normalized spacial score (nSPS) is 11.9. The number of hydrogen-bond donors (Lipinski definition) is 0. The summed E-state index contributed by atoms with van der Waals surface area (Å²) in [4.78, 5) is 14.4. The van der Waals surface area contributed by atoms with Gasteiger partial charge in [0, 0.05) is 33.2 Å². The molecule has 5 nitrogen and oxygen atoms in total. The molecule has 0 unspecified atom stereocenters. The van der Waals surface area contributed by atoms with Gasteiger partial charge in [-0.15, -0.1) is 0 Å². The Hall–Kier alpha value is -4.05. The number of hydrogen-bond acceptors (Lipinski definition) is 4. The van der Waals surface area contributed by atoms with Gasteiger partial charge in [-0.25, -0.2) is 15.0 Å². The van der Waals surface area contributed by atoms with Crippen LogP contribution in [0.5, 0.6) is 0 Å². The third-order valence-corrected chi connectivity index (χ3v) is 5.38. The average Bonchev–Trinajstić information content (AvgIpc) is 3.40. The molecule has 0 saturated heterocycles. The SMILES string of the molecule is Clc1cc(-c2nc(-c3ccccc3)nc(-c3ccccc3)n2)c2c3c(oc2c1)C=[N+]=C3.